The van der Waals surface area contributed by atoms with E-state index in [4.69, 9.17) is 5.73 Å². The zero-order chi connectivity index (χ0) is 15.4. The Morgan fingerprint density at radius 2 is 2.24 bits per heavy atom. The van der Waals surface area contributed by atoms with Crippen molar-refractivity contribution >= 4 is 5.91 Å². The van der Waals surface area contributed by atoms with Gasteiger partial charge in [0, 0.05) is 50.4 Å². The SMILES string of the molecule is CC(C)c1nccn1CCC(=O)N1CCC[C@H]([C@H](C)N)C1. The highest BCUT2D eigenvalue weighted by molar-refractivity contribution is 5.76. The van der Waals surface area contributed by atoms with Crippen LogP contribution >= 0.6 is 0 Å². The summed E-state index contributed by atoms with van der Waals surface area (Å²) in [5.41, 5.74) is 5.98. The van der Waals surface area contributed by atoms with Gasteiger partial charge >= 0.3 is 0 Å². The average molecular weight is 292 g/mol. The smallest absolute Gasteiger partial charge is 0.224 e. The van der Waals surface area contributed by atoms with Crippen LogP contribution in [0.4, 0.5) is 0 Å². The minimum absolute atomic E-state index is 0.168. The number of rotatable bonds is 5. The number of hydrogen-bond acceptors (Lipinski definition) is 3. The summed E-state index contributed by atoms with van der Waals surface area (Å²) in [7, 11) is 0. The van der Waals surface area contributed by atoms with Crippen molar-refractivity contribution in [3.8, 4) is 0 Å². The molecule has 1 saturated heterocycles. The molecule has 0 bridgehead atoms. The molecule has 2 rings (SSSR count). The summed E-state index contributed by atoms with van der Waals surface area (Å²) in [6, 6.07) is 0.168. The predicted octanol–water partition coefficient (Wildman–Crippen LogP) is 1.98. The molecule has 0 radical (unpaired) electrons. The highest BCUT2D eigenvalue weighted by atomic mass is 16.2. The van der Waals surface area contributed by atoms with Gasteiger partial charge in [0.2, 0.25) is 5.91 Å². The minimum atomic E-state index is 0.168. The standard InChI is InChI=1S/C16H28N4O/c1-12(2)16-18-7-10-19(16)9-6-15(21)20-8-4-5-14(11-20)13(3)17/h7,10,12-14H,4-6,8-9,11,17H2,1-3H3/t13-,14-/m0/s1. The quantitative estimate of drug-likeness (QED) is 0.902. The molecule has 1 aliphatic rings. The van der Waals surface area contributed by atoms with Crippen LogP contribution in [0.5, 0.6) is 0 Å². The van der Waals surface area contributed by atoms with E-state index in [-0.39, 0.29) is 11.9 Å². The van der Waals surface area contributed by atoms with Gasteiger partial charge in [-0.25, -0.2) is 4.98 Å². The number of piperidine rings is 1. The van der Waals surface area contributed by atoms with Crippen LogP contribution in [0, 0.1) is 5.92 Å². The number of aryl methyl sites for hydroxylation is 1. The molecule has 1 aromatic rings. The van der Waals surface area contributed by atoms with E-state index in [1.165, 1.54) is 0 Å². The second-order valence-corrected chi connectivity index (χ2v) is 6.48. The lowest BCUT2D eigenvalue weighted by molar-refractivity contribution is -0.133. The molecule has 1 amide bonds. The highest BCUT2D eigenvalue weighted by Crippen LogP contribution is 2.20. The summed E-state index contributed by atoms with van der Waals surface area (Å²) in [4.78, 5) is 18.7. The molecule has 5 heteroatoms. The maximum Gasteiger partial charge on any atom is 0.224 e. The molecular formula is C16H28N4O. The number of hydrogen-bond donors (Lipinski definition) is 1. The molecule has 0 aromatic carbocycles. The Labute approximate surface area is 127 Å². The average Bonchev–Trinajstić information content (AvgIpc) is 2.93. The molecule has 2 heterocycles. The van der Waals surface area contributed by atoms with E-state index in [9.17, 15) is 4.79 Å². The number of imidazole rings is 1. The zero-order valence-electron chi connectivity index (χ0n) is 13.5. The summed E-state index contributed by atoms with van der Waals surface area (Å²) in [6.07, 6.45) is 6.53. The van der Waals surface area contributed by atoms with Gasteiger partial charge in [-0.2, -0.15) is 0 Å². The number of nitrogens with zero attached hydrogens (tertiary/aromatic N) is 3. The molecule has 1 fully saturated rings. The van der Waals surface area contributed by atoms with Crippen molar-refractivity contribution in [2.75, 3.05) is 13.1 Å². The third kappa shape index (κ3) is 4.06. The van der Waals surface area contributed by atoms with Crippen LogP contribution in [-0.2, 0) is 11.3 Å². The van der Waals surface area contributed by atoms with Crippen LogP contribution < -0.4 is 5.73 Å². The van der Waals surface area contributed by atoms with Crippen molar-refractivity contribution in [3.05, 3.63) is 18.2 Å². The van der Waals surface area contributed by atoms with Gasteiger partial charge in [-0.1, -0.05) is 13.8 Å². The molecule has 1 aromatic heterocycles. The molecule has 0 spiro atoms. The van der Waals surface area contributed by atoms with Gasteiger partial charge in [0.05, 0.1) is 0 Å². The van der Waals surface area contributed by atoms with E-state index in [1.807, 2.05) is 24.2 Å². The van der Waals surface area contributed by atoms with Crippen molar-refractivity contribution in [2.45, 2.75) is 58.5 Å². The molecule has 1 aliphatic heterocycles. The third-order valence-corrected chi connectivity index (χ3v) is 4.38. The first-order valence-electron chi connectivity index (χ1n) is 8.03. The van der Waals surface area contributed by atoms with Gasteiger partial charge in [-0.3, -0.25) is 4.79 Å². The number of likely N-dealkylation sites (tertiary alicyclic amines) is 1. The fourth-order valence-corrected chi connectivity index (χ4v) is 3.05. The van der Waals surface area contributed by atoms with Crippen LogP contribution in [0.15, 0.2) is 12.4 Å². The Morgan fingerprint density at radius 1 is 1.48 bits per heavy atom. The summed E-state index contributed by atoms with van der Waals surface area (Å²) in [5, 5.41) is 0. The summed E-state index contributed by atoms with van der Waals surface area (Å²) in [6.45, 7) is 8.70. The lowest BCUT2D eigenvalue weighted by Crippen LogP contribution is -2.45. The highest BCUT2D eigenvalue weighted by Gasteiger charge is 2.25. The van der Waals surface area contributed by atoms with E-state index < -0.39 is 0 Å². The number of nitrogens with two attached hydrogens (primary N) is 1. The third-order valence-electron chi connectivity index (χ3n) is 4.38. The van der Waals surface area contributed by atoms with E-state index >= 15 is 0 Å². The molecule has 0 unspecified atom stereocenters. The monoisotopic (exact) mass is 292 g/mol. The Morgan fingerprint density at radius 3 is 2.90 bits per heavy atom. The normalized spacial score (nSPS) is 20.8. The first kappa shape index (κ1) is 16.0. The van der Waals surface area contributed by atoms with Crippen LogP contribution in [0.1, 0.15) is 51.8 Å². The largest absolute Gasteiger partial charge is 0.342 e. The molecular weight excluding hydrogens is 264 g/mol. The van der Waals surface area contributed by atoms with Gasteiger partial charge < -0.3 is 15.2 Å². The lowest BCUT2D eigenvalue weighted by atomic mass is 9.92. The van der Waals surface area contributed by atoms with Gasteiger partial charge in [0.1, 0.15) is 5.82 Å². The Bertz CT molecular complexity index is 467. The van der Waals surface area contributed by atoms with Crippen LogP contribution in [-0.4, -0.2) is 39.5 Å². The molecule has 0 aliphatic carbocycles. The van der Waals surface area contributed by atoms with Crippen LogP contribution in [0.3, 0.4) is 0 Å². The van der Waals surface area contributed by atoms with Gasteiger partial charge in [-0.05, 0) is 25.7 Å². The summed E-state index contributed by atoms with van der Waals surface area (Å²) in [5.74, 6) is 2.12. The van der Waals surface area contributed by atoms with Gasteiger partial charge in [-0.15, -0.1) is 0 Å². The second kappa shape index (κ2) is 7.07. The first-order chi connectivity index (χ1) is 9.99. The number of aromatic nitrogens is 2. The Kier molecular flexibility index (Phi) is 5.39. The molecule has 5 nitrogen and oxygen atoms in total. The summed E-state index contributed by atoms with van der Waals surface area (Å²) >= 11 is 0. The minimum Gasteiger partial charge on any atom is -0.342 e. The van der Waals surface area contributed by atoms with E-state index in [2.05, 4.69) is 23.4 Å². The van der Waals surface area contributed by atoms with E-state index in [0.29, 0.717) is 24.8 Å². The van der Waals surface area contributed by atoms with E-state index in [0.717, 1.165) is 31.8 Å². The van der Waals surface area contributed by atoms with Gasteiger partial charge in [0.25, 0.3) is 0 Å². The fourth-order valence-electron chi connectivity index (χ4n) is 3.05. The van der Waals surface area contributed by atoms with Crippen molar-refractivity contribution in [2.24, 2.45) is 11.7 Å². The fraction of sp³-hybridized carbons (Fsp3) is 0.750. The van der Waals surface area contributed by atoms with E-state index in [1.54, 1.807) is 0 Å². The lowest BCUT2D eigenvalue weighted by Gasteiger charge is -2.34. The van der Waals surface area contributed by atoms with Crippen molar-refractivity contribution in [3.63, 3.8) is 0 Å². The van der Waals surface area contributed by atoms with Crippen LogP contribution in [0.25, 0.3) is 0 Å². The number of amides is 1. The van der Waals surface area contributed by atoms with Crippen molar-refractivity contribution in [1.82, 2.24) is 14.5 Å². The molecule has 2 atom stereocenters. The van der Waals surface area contributed by atoms with Crippen molar-refractivity contribution in [1.29, 1.82) is 0 Å². The maximum atomic E-state index is 12.4. The van der Waals surface area contributed by atoms with Gasteiger partial charge in [0.15, 0.2) is 0 Å². The predicted molar refractivity (Wildman–Crippen MR) is 83.9 cm³/mol. The Balaban J connectivity index is 1.88. The molecule has 0 saturated carbocycles. The second-order valence-electron chi connectivity index (χ2n) is 6.48. The van der Waals surface area contributed by atoms with Crippen molar-refractivity contribution < 1.29 is 4.79 Å². The maximum absolute atomic E-state index is 12.4. The zero-order valence-corrected chi connectivity index (χ0v) is 13.5. The Hall–Kier alpha value is -1.36. The molecule has 21 heavy (non-hydrogen) atoms. The number of carbonyl (C=O) groups is 1. The van der Waals surface area contributed by atoms with Crippen LogP contribution in [0.2, 0.25) is 0 Å². The summed E-state index contributed by atoms with van der Waals surface area (Å²) < 4.78 is 2.09. The first-order valence-corrected chi connectivity index (χ1v) is 8.03. The molecule has 118 valence electrons. The number of carbonyl (C=O) groups excluding carboxylic acids is 1. The topological polar surface area (TPSA) is 64.2 Å². The molecule has 2 N–H and O–H groups in total.